The van der Waals surface area contributed by atoms with E-state index in [1.54, 1.807) is 20.8 Å². The Morgan fingerprint density at radius 3 is 2.59 bits per heavy atom. The van der Waals surface area contributed by atoms with Crippen LogP contribution in [-0.4, -0.2) is 42.1 Å². The summed E-state index contributed by atoms with van der Waals surface area (Å²) in [6, 6.07) is 0. The molecule has 1 rings (SSSR count). The van der Waals surface area contributed by atoms with E-state index in [0.29, 0.717) is 25.4 Å². The molecular weight excluding hydrogens is 242 g/mol. The van der Waals surface area contributed by atoms with Crippen LogP contribution in [-0.2, 0) is 16.3 Å². The first-order valence-corrected chi connectivity index (χ1v) is 7.17. The minimum atomic E-state index is -3.05. The van der Waals surface area contributed by atoms with Crippen LogP contribution >= 0.6 is 0 Å². The second-order valence-corrected chi connectivity index (χ2v) is 7.63. The van der Waals surface area contributed by atoms with Crippen LogP contribution in [0.2, 0.25) is 0 Å². The quantitative estimate of drug-likeness (QED) is 0.747. The third kappa shape index (κ3) is 4.43. The molecule has 0 atom stereocenters. The van der Waals surface area contributed by atoms with Gasteiger partial charge in [0.25, 0.3) is 0 Å². The molecule has 1 N–H and O–H groups in total. The Labute approximate surface area is 102 Å². The lowest BCUT2D eigenvalue weighted by Gasteiger charge is -2.19. The highest BCUT2D eigenvalue weighted by Gasteiger charge is 2.27. The van der Waals surface area contributed by atoms with Crippen LogP contribution in [0.3, 0.4) is 0 Å². The summed E-state index contributed by atoms with van der Waals surface area (Å²) < 4.78 is 27.6. The van der Waals surface area contributed by atoms with Gasteiger partial charge in [0.1, 0.15) is 0 Å². The van der Waals surface area contributed by atoms with Crippen molar-refractivity contribution in [2.45, 2.75) is 31.9 Å². The van der Waals surface area contributed by atoms with Gasteiger partial charge in [-0.25, -0.2) is 8.42 Å². The number of hydrogen-bond donors (Lipinski definition) is 1. The summed E-state index contributed by atoms with van der Waals surface area (Å²) in [5.41, 5.74) is 0. The second-order valence-electron chi connectivity index (χ2n) is 4.77. The predicted octanol–water partition coefficient (Wildman–Crippen LogP) is 0.415. The third-order valence-corrected chi connectivity index (χ3v) is 5.01. The normalized spacial score (nSPS) is 12.9. The fourth-order valence-corrected chi connectivity index (χ4v) is 2.16. The molecule has 0 saturated carbocycles. The summed E-state index contributed by atoms with van der Waals surface area (Å²) >= 11 is 0. The summed E-state index contributed by atoms with van der Waals surface area (Å²) in [5, 5.41) is 6.53. The van der Waals surface area contributed by atoms with Crippen molar-refractivity contribution in [3.05, 3.63) is 12.2 Å². The molecular formula is C10H19N3O3S. The SMILES string of the molecule is CC(C)(C)S(=O)(=O)CCNCCc1ncno1. The number of hydrogen-bond acceptors (Lipinski definition) is 6. The fourth-order valence-electron chi connectivity index (χ4n) is 1.14. The van der Waals surface area contributed by atoms with E-state index in [-0.39, 0.29) is 5.75 Å². The van der Waals surface area contributed by atoms with Crippen molar-refractivity contribution >= 4 is 9.84 Å². The van der Waals surface area contributed by atoms with Crippen LogP contribution in [0.1, 0.15) is 26.7 Å². The lowest BCUT2D eigenvalue weighted by Crippen LogP contribution is -2.35. The monoisotopic (exact) mass is 261 g/mol. The molecule has 0 aliphatic heterocycles. The topological polar surface area (TPSA) is 85.1 Å². The maximum atomic E-state index is 11.8. The van der Waals surface area contributed by atoms with Crippen molar-refractivity contribution < 1.29 is 12.9 Å². The smallest absolute Gasteiger partial charge is 0.227 e. The summed E-state index contributed by atoms with van der Waals surface area (Å²) in [6.45, 7) is 6.19. The van der Waals surface area contributed by atoms with E-state index in [4.69, 9.17) is 4.52 Å². The van der Waals surface area contributed by atoms with Crippen molar-refractivity contribution in [2.24, 2.45) is 0 Å². The molecule has 6 nitrogen and oxygen atoms in total. The number of sulfone groups is 1. The van der Waals surface area contributed by atoms with Gasteiger partial charge < -0.3 is 9.84 Å². The highest BCUT2D eigenvalue weighted by atomic mass is 32.2. The van der Waals surface area contributed by atoms with Crippen LogP contribution in [0.25, 0.3) is 0 Å². The molecule has 0 amide bonds. The van der Waals surface area contributed by atoms with E-state index in [1.807, 2.05) is 0 Å². The Balaban J connectivity index is 2.21. The van der Waals surface area contributed by atoms with E-state index >= 15 is 0 Å². The molecule has 0 radical (unpaired) electrons. The van der Waals surface area contributed by atoms with Gasteiger partial charge in [-0.3, -0.25) is 0 Å². The number of aromatic nitrogens is 2. The lowest BCUT2D eigenvalue weighted by molar-refractivity contribution is 0.375. The molecule has 0 saturated heterocycles. The molecule has 17 heavy (non-hydrogen) atoms. The molecule has 0 spiro atoms. The molecule has 0 bridgehead atoms. The van der Waals surface area contributed by atoms with Gasteiger partial charge in [-0.1, -0.05) is 5.16 Å². The van der Waals surface area contributed by atoms with Crippen molar-refractivity contribution in [3.8, 4) is 0 Å². The highest BCUT2D eigenvalue weighted by molar-refractivity contribution is 7.92. The van der Waals surface area contributed by atoms with Crippen molar-refractivity contribution in [1.29, 1.82) is 0 Å². The molecule has 98 valence electrons. The Morgan fingerprint density at radius 1 is 1.35 bits per heavy atom. The van der Waals surface area contributed by atoms with Crippen LogP contribution in [0.5, 0.6) is 0 Å². The molecule has 0 fully saturated rings. The summed E-state index contributed by atoms with van der Waals surface area (Å²) in [5.74, 6) is 0.691. The summed E-state index contributed by atoms with van der Waals surface area (Å²) in [7, 11) is -3.05. The van der Waals surface area contributed by atoms with E-state index < -0.39 is 14.6 Å². The lowest BCUT2D eigenvalue weighted by atomic mass is 10.3. The van der Waals surface area contributed by atoms with Crippen molar-refractivity contribution in [1.82, 2.24) is 15.5 Å². The molecule has 7 heteroatoms. The molecule has 1 aromatic heterocycles. The van der Waals surface area contributed by atoms with E-state index in [9.17, 15) is 8.42 Å². The van der Waals surface area contributed by atoms with E-state index in [0.717, 1.165) is 0 Å². The van der Waals surface area contributed by atoms with Gasteiger partial charge in [-0.2, -0.15) is 4.98 Å². The Morgan fingerprint density at radius 2 is 2.06 bits per heavy atom. The molecule has 0 unspecified atom stereocenters. The summed E-state index contributed by atoms with van der Waals surface area (Å²) in [4.78, 5) is 3.87. The standard InChI is InChI=1S/C10H19N3O3S/c1-10(2,3)17(14,15)7-6-11-5-4-9-12-8-13-16-9/h8,11H,4-7H2,1-3H3. The average molecular weight is 261 g/mol. The van der Waals surface area contributed by atoms with Crippen LogP contribution < -0.4 is 5.32 Å². The van der Waals surface area contributed by atoms with Crippen molar-refractivity contribution in [3.63, 3.8) is 0 Å². The second kappa shape index (κ2) is 5.59. The van der Waals surface area contributed by atoms with Gasteiger partial charge in [-0.05, 0) is 20.8 Å². The molecule has 0 aromatic carbocycles. The van der Waals surface area contributed by atoms with Crippen molar-refractivity contribution in [2.75, 3.05) is 18.8 Å². The molecule has 1 aromatic rings. The van der Waals surface area contributed by atoms with Crippen LogP contribution in [0, 0.1) is 0 Å². The maximum Gasteiger partial charge on any atom is 0.227 e. The molecule has 0 aliphatic rings. The predicted molar refractivity (Wildman–Crippen MR) is 64.4 cm³/mol. The Kier molecular flexibility index (Phi) is 4.64. The number of rotatable bonds is 6. The first kappa shape index (κ1) is 14.1. The van der Waals surface area contributed by atoms with E-state index in [1.165, 1.54) is 6.33 Å². The fraction of sp³-hybridized carbons (Fsp3) is 0.800. The minimum Gasteiger partial charge on any atom is -0.340 e. The molecule has 0 aliphatic carbocycles. The zero-order chi connectivity index (χ0) is 12.9. The Hall–Kier alpha value is -0.950. The molecule has 1 heterocycles. The van der Waals surface area contributed by atoms with Gasteiger partial charge >= 0.3 is 0 Å². The first-order valence-electron chi connectivity index (χ1n) is 5.51. The van der Waals surface area contributed by atoms with Gasteiger partial charge in [0.05, 0.1) is 10.5 Å². The minimum absolute atomic E-state index is 0.139. The van der Waals surface area contributed by atoms with Gasteiger partial charge in [0.2, 0.25) is 5.89 Å². The average Bonchev–Trinajstić information content (AvgIpc) is 2.68. The zero-order valence-electron chi connectivity index (χ0n) is 10.4. The van der Waals surface area contributed by atoms with Gasteiger partial charge in [0, 0.05) is 19.5 Å². The van der Waals surface area contributed by atoms with E-state index in [2.05, 4.69) is 15.5 Å². The zero-order valence-corrected chi connectivity index (χ0v) is 11.2. The van der Waals surface area contributed by atoms with Gasteiger partial charge in [0.15, 0.2) is 16.2 Å². The third-order valence-electron chi connectivity index (χ3n) is 2.40. The van der Waals surface area contributed by atoms with Crippen LogP contribution in [0.4, 0.5) is 0 Å². The highest BCUT2D eigenvalue weighted by Crippen LogP contribution is 2.15. The first-order chi connectivity index (χ1) is 7.83. The van der Waals surface area contributed by atoms with Gasteiger partial charge in [-0.15, -0.1) is 0 Å². The maximum absolute atomic E-state index is 11.8. The Bertz CT molecular complexity index is 420. The largest absolute Gasteiger partial charge is 0.340 e. The number of nitrogens with zero attached hydrogens (tertiary/aromatic N) is 2. The number of nitrogens with one attached hydrogen (secondary N) is 1. The summed E-state index contributed by atoms with van der Waals surface area (Å²) in [6.07, 6.45) is 1.95. The van der Waals surface area contributed by atoms with Crippen LogP contribution in [0.15, 0.2) is 10.9 Å².